The molecule has 0 atom stereocenters. The summed E-state index contributed by atoms with van der Waals surface area (Å²) in [6.07, 6.45) is 2.92. The Morgan fingerprint density at radius 1 is 0.725 bits per heavy atom. The van der Waals surface area contributed by atoms with E-state index in [9.17, 15) is 19.6 Å². The van der Waals surface area contributed by atoms with Crippen LogP contribution in [0.15, 0.2) is 59.7 Å². The molecule has 0 aliphatic rings. The van der Waals surface area contributed by atoms with E-state index in [4.69, 9.17) is 19.5 Å². The van der Waals surface area contributed by atoms with Gasteiger partial charge in [-0.25, -0.2) is 9.59 Å². The van der Waals surface area contributed by atoms with Crippen molar-refractivity contribution in [3.8, 4) is 12.1 Å². The molecule has 0 spiro atoms. The zero-order valence-corrected chi connectivity index (χ0v) is 23.0. The Bertz CT molecular complexity index is 1320. The fraction of sp³-hybridized carbons (Fsp3) is 0.300. The van der Waals surface area contributed by atoms with E-state index in [-0.39, 0.29) is 37.5 Å². The van der Waals surface area contributed by atoms with E-state index >= 15 is 0 Å². The van der Waals surface area contributed by atoms with Gasteiger partial charge in [0.05, 0.1) is 19.8 Å². The second kappa shape index (κ2) is 16.0. The number of nitriles is 2. The summed E-state index contributed by atoms with van der Waals surface area (Å²) < 4.78 is 15.1. The predicted molar refractivity (Wildman–Crippen MR) is 151 cm³/mol. The highest BCUT2D eigenvalue weighted by Crippen LogP contribution is 2.18. The number of rotatable bonds is 13. The maximum absolute atomic E-state index is 12.4. The van der Waals surface area contributed by atoms with Gasteiger partial charge in [-0.3, -0.25) is 4.79 Å². The quantitative estimate of drug-likeness (QED) is 0.159. The van der Waals surface area contributed by atoms with E-state index in [0.29, 0.717) is 17.7 Å². The molecule has 2 aromatic carbocycles. The number of hydrogen-bond donors (Lipinski definition) is 0. The first-order valence-electron chi connectivity index (χ1n) is 12.6. The van der Waals surface area contributed by atoms with Crippen molar-refractivity contribution < 1.29 is 28.6 Å². The van der Waals surface area contributed by atoms with Crippen molar-refractivity contribution >= 4 is 41.4 Å². The van der Waals surface area contributed by atoms with Gasteiger partial charge in [-0.15, -0.1) is 0 Å². The number of esters is 3. The average molecular weight is 545 g/mol. The molecule has 2 rings (SSSR count). The predicted octanol–water partition coefficient (Wildman–Crippen LogP) is 3.74. The van der Waals surface area contributed by atoms with Gasteiger partial charge in [0.25, 0.3) is 0 Å². The van der Waals surface area contributed by atoms with Crippen LogP contribution in [0.3, 0.4) is 0 Å². The molecule has 0 bridgehead atoms. The third-order valence-corrected chi connectivity index (χ3v) is 5.58. The molecule has 0 heterocycles. The van der Waals surface area contributed by atoms with Crippen LogP contribution in [0.5, 0.6) is 0 Å². The van der Waals surface area contributed by atoms with Crippen LogP contribution in [-0.2, 0) is 28.6 Å². The molecule has 0 saturated carbocycles. The summed E-state index contributed by atoms with van der Waals surface area (Å²) in [7, 11) is 3.62. The molecule has 0 fully saturated rings. The maximum Gasteiger partial charge on any atom is 0.348 e. The number of likely N-dealkylation sites (N-methyl/N-ethyl adjacent to an activating group) is 2. The number of carbonyl (C=O) groups excluding carboxylic acids is 3. The maximum atomic E-state index is 12.4. The molecule has 0 aromatic heterocycles. The molecule has 0 aliphatic carbocycles. The monoisotopic (exact) mass is 544 g/mol. The summed E-state index contributed by atoms with van der Waals surface area (Å²) in [5.41, 5.74) is 2.81. The summed E-state index contributed by atoms with van der Waals surface area (Å²) in [5.74, 6) is -1.72. The number of ether oxygens (including phenoxy) is 3. The van der Waals surface area contributed by atoms with Crippen LogP contribution in [0.25, 0.3) is 12.2 Å². The summed E-state index contributed by atoms with van der Waals surface area (Å²) in [5, 5.41) is 18.3. The Labute approximate surface area is 234 Å². The number of benzene rings is 2. The van der Waals surface area contributed by atoms with E-state index in [1.165, 1.54) is 12.2 Å². The molecule has 0 saturated heterocycles. The van der Waals surface area contributed by atoms with E-state index < -0.39 is 17.9 Å². The number of hydrogen-bond acceptors (Lipinski definition) is 10. The van der Waals surface area contributed by atoms with Crippen molar-refractivity contribution in [2.75, 3.05) is 56.8 Å². The molecule has 2 aromatic rings. The lowest BCUT2D eigenvalue weighted by atomic mass is 10.1. The smallest absolute Gasteiger partial charge is 0.348 e. The van der Waals surface area contributed by atoms with Gasteiger partial charge in [-0.1, -0.05) is 24.3 Å². The standard InChI is InChI=1S/C30H32N4O6/c1-5-38-29(36)24(19-31)17-22-7-11-26(12-8-22)33(3)15-16-40-28(35)21-34(4)27-13-9-23(10-14-27)18-25(20-32)30(37)39-6-2/h7-14,17-18H,5-6,15-16,21H2,1-4H3/b24-17+,25-18+. The molecule has 10 heteroatoms. The minimum Gasteiger partial charge on any atom is -0.462 e. The normalized spacial score (nSPS) is 11.1. The lowest BCUT2D eigenvalue weighted by Gasteiger charge is -2.21. The average Bonchev–Trinajstić information content (AvgIpc) is 2.95. The summed E-state index contributed by atoms with van der Waals surface area (Å²) in [6, 6.07) is 18.0. The van der Waals surface area contributed by atoms with E-state index in [1.807, 2.05) is 36.2 Å². The molecule has 0 N–H and O–H groups in total. The lowest BCUT2D eigenvalue weighted by Crippen LogP contribution is -2.30. The number of nitrogens with zero attached hydrogens (tertiary/aromatic N) is 4. The molecule has 208 valence electrons. The van der Waals surface area contributed by atoms with Crippen molar-refractivity contribution in [3.63, 3.8) is 0 Å². The largest absolute Gasteiger partial charge is 0.462 e. The van der Waals surface area contributed by atoms with Crippen molar-refractivity contribution in [2.24, 2.45) is 0 Å². The number of carbonyl (C=O) groups is 3. The van der Waals surface area contributed by atoms with Crippen LogP contribution >= 0.6 is 0 Å². The second-order valence-electron chi connectivity index (χ2n) is 8.46. The third kappa shape index (κ3) is 9.66. The van der Waals surface area contributed by atoms with Crippen LogP contribution in [0, 0.1) is 22.7 Å². The van der Waals surface area contributed by atoms with Gasteiger partial charge in [0.15, 0.2) is 0 Å². The molecule has 40 heavy (non-hydrogen) atoms. The van der Waals surface area contributed by atoms with Crippen molar-refractivity contribution in [1.29, 1.82) is 10.5 Å². The Kier molecular flexibility index (Phi) is 12.5. The second-order valence-corrected chi connectivity index (χ2v) is 8.46. The SMILES string of the molecule is CCOC(=O)/C(C#N)=C/c1ccc(N(C)CCOC(=O)CN(C)c2ccc(/C=C(\C#N)C(=O)OCC)cc2)cc1. The Balaban J connectivity index is 1.86. The minimum absolute atomic E-state index is 0.0356. The van der Waals surface area contributed by atoms with Crippen molar-refractivity contribution in [1.82, 2.24) is 0 Å². The first-order valence-corrected chi connectivity index (χ1v) is 12.6. The van der Waals surface area contributed by atoms with Crippen LogP contribution in [0.4, 0.5) is 11.4 Å². The Morgan fingerprint density at radius 2 is 1.15 bits per heavy atom. The highest BCUT2D eigenvalue weighted by molar-refractivity contribution is 5.98. The molecule has 0 radical (unpaired) electrons. The zero-order chi connectivity index (χ0) is 29.5. The van der Waals surface area contributed by atoms with E-state index in [2.05, 4.69) is 0 Å². The van der Waals surface area contributed by atoms with Crippen LogP contribution in [0.2, 0.25) is 0 Å². The molecular weight excluding hydrogens is 512 g/mol. The molecule has 10 nitrogen and oxygen atoms in total. The number of anilines is 2. The molecule has 0 amide bonds. The fourth-order valence-electron chi connectivity index (χ4n) is 3.43. The van der Waals surface area contributed by atoms with Gasteiger partial charge in [0.1, 0.15) is 36.4 Å². The summed E-state index contributed by atoms with van der Waals surface area (Å²) in [6.45, 7) is 4.40. The first kappa shape index (κ1) is 31.1. The van der Waals surface area contributed by atoms with Gasteiger partial charge >= 0.3 is 17.9 Å². The van der Waals surface area contributed by atoms with E-state index in [0.717, 1.165) is 11.4 Å². The topological polar surface area (TPSA) is 133 Å². The van der Waals surface area contributed by atoms with Gasteiger partial charge < -0.3 is 24.0 Å². The van der Waals surface area contributed by atoms with Crippen molar-refractivity contribution in [3.05, 3.63) is 70.8 Å². The van der Waals surface area contributed by atoms with Gasteiger partial charge in [-0.05, 0) is 61.4 Å². The minimum atomic E-state index is -0.672. The molecule has 0 aliphatic heterocycles. The van der Waals surface area contributed by atoms with Gasteiger partial charge in [0.2, 0.25) is 0 Å². The Hall–Kier alpha value is -5.09. The van der Waals surface area contributed by atoms with Crippen molar-refractivity contribution in [2.45, 2.75) is 13.8 Å². The van der Waals surface area contributed by atoms with Crippen LogP contribution < -0.4 is 9.80 Å². The fourth-order valence-corrected chi connectivity index (χ4v) is 3.43. The third-order valence-electron chi connectivity index (χ3n) is 5.58. The summed E-state index contributed by atoms with van der Waals surface area (Å²) >= 11 is 0. The van der Waals surface area contributed by atoms with Gasteiger partial charge in [0, 0.05) is 25.5 Å². The zero-order valence-electron chi connectivity index (χ0n) is 23.0. The van der Waals surface area contributed by atoms with Gasteiger partial charge in [-0.2, -0.15) is 10.5 Å². The van der Waals surface area contributed by atoms with Crippen LogP contribution in [0.1, 0.15) is 25.0 Å². The molecular formula is C30H32N4O6. The van der Waals surface area contributed by atoms with E-state index in [1.54, 1.807) is 62.2 Å². The summed E-state index contributed by atoms with van der Waals surface area (Å²) in [4.78, 5) is 39.6. The highest BCUT2D eigenvalue weighted by Gasteiger charge is 2.12. The lowest BCUT2D eigenvalue weighted by molar-refractivity contribution is -0.141. The Morgan fingerprint density at radius 3 is 1.55 bits per heavy atom. The molecule has 0 unspecified atom stereocenters. The van der Waals surface area contributed by atoms with Crippen LogP contribution in [-0.4, -0.2) is 64.9 Å². The highest BCUT2D eigenvalue weighted by atomic mass is 16.5. The first-order chi connectivity index (χ1) is 19.2.